The Morgan fingerprint density at radius 2 is 0.671 bits per heavy atom. The second-order valence-electron chi connectivity index (χ2n) is 24.0. The lowest BCUT2D eigenvalue weighted by Gasteiger charge is -2.34. The number of benzene rings is 12. The molecule has 4 heteroatoms. The van der Waals surface area contributed by atoms with Gasteiger partial charge >= 0.3 is 0 Å². The number of aromatic nitrogens is 2. The standard InChI is InChI=1S/C78H66N4/c1-49(2)65-47-73(81(67-39-19-25-51-23-11-13-31-55(51)67)71-41-21-35-61-57-33-15-17-37-69(57)79(77(61)71)53-27-7-5-8-28-53)63-46-44-60-66(50(3)4)48-74(64-45-43-59(65)75(63)76(60)64)82(68-40-20-26-52-24-12-14-32-56(52)68)72-42-22-36-62-58-34-16-18-38-70(58)80(78(62)72)54-29-9-6-10-30-54/h5-10,15-22,25-30,33-50H,11-14,23-24,31-32H2,1-4H3. The lowest BCUT2D eigenvalue weighted by atomic mass is 9.83. The largest absolute Gasteiger partial charge is 0.307 e. The van der Waals surface area contributed by atoms with Gasteiger partial charge in [0.2, 0.25) is 0 Å². The fraction of sp³-hybridized carbons (Fsp3) is 0.179. The van der Waals surface area contributed by atoms with Crippen LogP contribution in [0.25, 0.3) is 87.3 Å². The molecule has 2 heterocycles. The van der Waals surface area contributed by atoms with Crippen LogP contribution in [0.2, 0.25) is 0 Å². The lowest BCUT2D eigenvalue weighted by Crippen LogP contribution is -2.18. The number of para-hydroxylation sites is 6. The third-order valence-electron chi connectivity index (χ3n) is 18.7. The average Bonchev–Trinajstić information content (AvgIpc) is 3.09. The van der Waals surface area contributed by atoms with Crippen LogP contribution in [0.1, 0.15) is 98.6 Å². The van der Waals surface area contributed by atoms with Gasteiger partial charge < -0.3 is 18.9 Å². The summed E-state index contributed by atoms with van der Waals surface area (Å²) in [6.45, 7) is 9.60. The summed E-state index contributed by atoms with van der Waals surface area (Å²) in [6, 6.07) is 83.6. The summed E-state index contributed by atoms with van der Waals surface area (Å²) < 4.78 is 5.05. The summed E-state index contributed by atoms with van der Waals surface area (Å²) in [5.74, 6) is 0.491. The number of fused-ring (bicyclic) bond motifs is 8. The molecule has 2 aliphatic rings. The predicted molar refractivity (Wildman–Crippen MR) is 350 cm³/mol. The van der Waals surface area contributed by atoms with Crippen LogP contribution in [0.5, 0.6) is 0 Å². The molecule has 0 atom stereocenters. The van der Waals surface area contributed by atoms with Crippen molar-refractivity contribution in [3.8, 4) is 11.4 Å². The van der Waals surface area contributed by atoms with Crippen LogP contribution >= 0.6 is 0 Å². The molecule has 0 bridgehead atoms. The van der Waals surface area contributed by atoms with E-state index in [4.69, 9.17) is 0 Å². The Balaban J connectivity index is 1.05. The first kappa shape index (κ1) is 48.8. The first-order chi connectivity index (χ1) is 40.4. The molecule has 4 nitrogen and oxygen atoms in total. The van der Waals surface area contributed by atoms with Gasteiger partial charge in [0, 0.05) is 55.1 Å². The highest BCUT2D eigenvalue weighted by molar-refractivity contribution is 6.30. The fourth-order valence-electron chi connectivity index (χ4n) is 15.1. The first-order valence-corrected chi connectivity index (χ1v) is 30.2. The van der Waals surface area contributed by atoms with Crippen LogP contribution < -0.4 is 9.80 Å². The molecule has 14 aromatic rings. The van der Waals surface area contributed by atoms with Crippen LogP contribution in [-0.2, 0) is 25.7 Å². The molecule has 398 valence electrons. The normalized spacial score (nSPS) is 13.7. The van der Waals surface area contributed by atoms with E-state index in [-0.39, 0.29) is 11.8 Å². The van der Waals surface area contributed by atoms with Crippen LogP contribution in [-0.4, -0.2) is 9.13 Å². The Morgan fingerprint density at radius 3 is 1.11 bits per heavy atom. The van der Waals surface area contributed by atoms with E-state index in [2.05, 4.69) is 265 Å². The van der Waals surface area contributed by atoms with Crippen molar-refractivity contribution in [2.24, 2.45) is 0 Å². The Kier molecular flexibility index (Phi) is 11.5. The van der Waals surface area contributed by atoms with Crippen molar-refractivity contribution >= 4 is 110 Å². The van der Waals surface area contributed by atoms with Crippen molar-refractivity contribution in [2.45, 2.75) is 90.9 Å². The van der Waals surface area contributed by atoms with Gasteiger partial charge in [-0.15, -0.1) is 0 Å². The molecule has 0 unspecified atom stereocenters. The molecule has 0 saturated heterocycles. The van der Waals surface area contributed by atoms with E-state index >= 15 is 0 Å². The molecular formula is C78H66N4. The Labute approximate surface area is 480 Å². The van der Waals surface area contributed by atoms with Gasteiger partial charge in [0.05, 0.1) is 44.8 Å². The van der Waals surface area contributed by atoms with E-state index < -0.39 is 0 Å². The number of hydrogen-bond donors (Lipinski definition) is 0. The predicted octanol–water partition coefficient (Wildman–Crippen LogP) is 21.7. The molecule has 0 saturated carbocycles. The third-order valence-corrected chi connectivity index (χ3v) is 18.7. The van der Waals surface area contributed by atoms with Gasteiger partial charge in [0.1, 0.15) is 0 Å². The molecule has 0 spiro atoms. The maximum atomic E-state index is 2.71. The summed E-state index contributed by atoms with van der Waals surface area (Å²) >= 11 is 0. The second kappa shape index (κ2) is 19.3. The van der Waals surface area contributed by atoms with Gasteiger partial charge in [-0.3, -0.25) is 0 Å². The number of nitrogens with zero attached hydrogens (tertiary/aromatic N) is 4. The van der Waals surface area contributed by atoms with E-state index in [9.17, 15) is 0 Å². The van der Waals surface area contributed by atoms with Gasteiger partial charge in [-0.25, -0.2) is 0 Å². The van der Waals surface area contributed by atoms with Gasteiger partial charge in [-0.1, -0.05) is 173 Å². The Hall–Kier alpha value is -9.12. The van der Waals surface area contributed by atoms with Crippen molar-refractivity contribution in [1.29, 1.82) is 0 Å². The van der Waals surface area contributed by atoms with Crippen LogP contribution in [0, 0.1) is 0 Å². The van der Waals surface area contributed by atoms with Crippen molar-refractivity contribution in [3.63, 3.8) is 0 Å². The topological polar surface area (TPSA) is 16.3 Å². The molecule has 16 rings (SSSR count). The summed E-state index contributed by atoms with van der Waals surface area (Å²) in [6.07, 6.45) is 9.12. The molecule has 2 aliphatic carbocycles. The van der Waals surface area contributed by atoms with E-state index in [1.165, 1.54) is 169 Å². The molecule has 82 heavy (non-hydrogen) atoms. The highest BCUT2D eigenvalue weighted by Gasteiger charge is 2.32. The van der Waals surface area contributed by atoms with Gasteiger partial charge in [0.15, 0.2) is 0 Å². The number of anilines is 6. The molecule has 0 aliphatic heterocycles. The van der Waals surface area contributed by atoms with Gasteiger partial charge in [0.25, 0.3) is 0 Å². The van der Waals surface area contributed by atoms with Crippen molar-refractivity contribution in [3.05, 3.63) is 252 Å². The zero-order valence-corrected chi connectivity index (χ0v) is 47.4. The average molecular weight is 1060 g/mol. The zero-order valence-electron chi connectivity index (χ0n) is 47.4. The molecule has 0 N–H and O–H groups in total. The van der Waals surface area contributed by atoms with Crippen LogP contribution in [0.3, 0.4) is 0 Å². The van der Waals surface area contributed by atoms with E-state index in [1.54, 1.807) is 0 Å². The molecule has 2 aromatic heterocycles. The quantitative estimate of drug-likeness (QED) is 0.127. The van der Waals surface area contributed by atoms with Gasteiger partial charge in [-0.2, -0.15) is 0 Å². The fourth-order valence-corrected chi connectivity index (χ4v) is 15.1. The van der Waals surface area contributed by atoms with Crippen LogP contribution in [0.15, 0.2) is 218 Å². The minimum atomic E-state index is 0.246. The highest BCUT2D eigenvalue weighted by Crippen LogP contribution is 2.55. The maximum Gasteiger partial charge on any atom is 0.0782 e. The Morgan fingerprint density at radius 1 is 0.305 bits per heavy atom. The lowest BCUT2D eigenvalue weighted by molar-refractivity contribution is 0.686. The van der Waals surface area contributed by atoms with E-state index in [1.807, 2.05) is 0 Å². The molecule has 12 aromatic carbocycles. The summed E-state index contributed by atoms with van der Waals surface area (Å²) in [4.78, 5) is 5.41. The van der Waals surface area contributed by atoms with Gasteiger partial charge in [-0.05, 0) is 191 Å². The number of aryl methyl sites for hydroxylation is 2. The first-order valence-electron chi connectivity index (χ1n) is 30.2. The SMILES string of the molecule is CC(C)c1cc(N(c2cccc3c2CCCC3)c2cccc3c4ccccc4n(-c4ccccc4)c23)c2ccc3c(C(C)C)cc(N(c4cccc5c4CCCC5)c4cccc5c6ccccc6n(-c6ccccc6)c45)c4ccc1c2c34. The molecule has 0 radical (unpaired) electrons. The Bertz CT molecular complexity index is 4520. The number of rotatable bonds is 10. The number of hydrogen-bond acceptors (Lipinski definition) is 2. The monoisotopic (exact) mass is 1060 g/mol. The smallest absolute Gasteiger partial charge is 0.0782 e. The minimum absolute atomic E-state index is 0.246. The van der Waals surface area contributed by atoms with E-state index in [0.29, 0.717) is 0 Å². The molecule has 0 amide bonds. The van der Waals surface area contributed by atoms with Crippen molar-refractivity contribution in [1.82, 2.24) is 9.13 Å². The molecule has 0 fully saturated rings. The van der Waals surface area contributed by atoms with E-state index in [0.717, 1.165) is 37.1 Å². The summed E-state index contributed by atoms with van der Waals surface area (Å²) in [5.41, 5.74) is 23.2. The van der Waals surface area contributed by atoms with Crippen molar-refractivity contribution in [2.75, 3.05) is 9.80 Å². The van der Waals surface area contributed by atoms with Crippen LogP contribution in [0.4, 0.5) is 34.1 Å². The minimum Gasteiger partial charge on any atom is -0.307 e. The zero-order chi connectivity index (χ0) is 54.7. The maximum absolute atomic E-state index is 2.71. The third kappa shape index (κ3) is 7.36. The summed E-state index contributed by atoms with van der Waals surface area (Å²) in [7, 11) is 0. The van der Waals surface area contributed by atoms with Crippen molar-refractivity contribution < 1.29 is 0 Å². The summed E-state index contributed by atoms with van der Waals surface area (Å²) in [5, 5.41) is 12.9. The second-order valence-corrected chi connectivity index (χ2v) is 24.0. The highest BCUT2D eigenvalue weighted by atomic mass is 15.2. The molecular weight excluding hydrogens is 993 g/mol.